The predicted molar refractivity (Wildman–Crippen MR) is 63.1 cm³/mol. The Morgan fingerprint density at radius 1 is 1.39 bits per heavy atom. The Hall–Kier alpha value is -2.08. The summed E-state index contributed by atoms with van der Waals surface area (Å²) in [5.74, 6) is 0.543. The molecule has 0 saturated carbocycles. The van der Waals surface area contributed by atoms with Crippen molar-refractivity contribution in [1.29, 1.82) is 0 Å². The van der Waals surface area contributed by atoms with Crippen LogP contribution in [0, 0.1) is 0 Å². The molecule has 0 fully saturated rings. The number of phenols is 2. The summed E-state index contributed by atoms with van der Waals surface area (Å²) in [6, 6.07) is 4.10. The third-order valence-electron chi connectivity index (χ3n) is 2.60. The van der Waals surface area contributed by atoms with Crippen molar-refractivity contribution >= 4 is 0 Å². The predicted octanol–water partition coefficient (Wildman–Crippen LogP) is 2.25. The fraction of sp³-hybridized carbons (Fsp3) is 0.333. The minimum absolute atomic E-state index is 0.0151. The van der Waals surface area contributed by atoms with Crippen LogP contribution >= 0.6 is 0 Å². The summed E-state index contributed by atoms with van der Waals surface area (Å²) in [6.07, 6.45) is 0.462. The average Bonchev–Trinajstić information content (AvgIpc) is 2.83. The van der Waals surface area contributed by atoms with Crippen molar-refractivity contribution < 1.29 is 19.5 Å². The van der Waals surface area contributed by atoms with Gasteiger partial charge in [0, 0.05) is 7.11 Å². The summed E-state index contributed by atoms with van der Waals surface area (Å²) >= 11 is 0. The van der Waals surface area contributed by atoms with E-state index >= 15 is 0 Å². The van der Waals surface area contributed by atoms with E-state index in [2.05, 4.69) is 10.1 Å². The van der Waals surface area contributed by atoms with Gasteiger partial charge in [-0.25, -0.2) is 0 Å². The van der Waals surface area contributed by atoms with Gasteiger partial charge >= 0.3 is 0 Å². The fourth-order valence-corrected chi connectivity index (χ4v) is 1.63. The van der Waals surface area contributed by atoms with Gasteiger partial charge in [0.25, 0.3) is 5.89 Å². The molecule has 2 N–H and O–H groups in total. The summed E-state index contributed by atoms with van der Waals surface area (Å²) in [5.41, 5.74) is 0.291. The molecule has 0 spiro atoms. The van der Waals surface area contributed by atoms with Gasteiger partial charge < -0.3 is 19.5 Å². The Balaban J connectivity index is 2.37. The Morgan fingerprint density at radius 3 is 2.83 bits per heavy atom. The van der Waals surface area contributed by atoms with Crippen LogP contribution in [0.2, 0.25) is 0 Å². The van der Waals surface area contributed by atoms with Gasteiger partial charge in [0.1, 0.15) is 17.6 Å². The van der Waals surface area contributed by atoms with E-state index < -0.39 is 0 Å². The second kappa shape index (κ2) is 5.05. The molecule has 0 saturated heterocycles. The molecule has 0 aliphatic heterocycles. The van der Waals surface area contributed by atoms with Crippen LogP contribution in [0.3, 0.4) is 0 Å². The first-order valence-electron chi connectivity index (χ1n) is 5.54. The summed E-state index contributed by atoms with van der Waals surface area (Å²) in [6.45, 7) is 1.94. The minimum atomic E-state index is -0.248. The molecule has 0 radical (unpaired) electrons. The molecule has 6 nitrogen and oxygen atoms in total. The fourth-order valence-electron chi connectivity index (χ4n) is 1.63. The number of rotatable bonds is 4. The maximum absolute atomic E-state index is 9.68. The molecule has 1 unspecified atom stereocenters. The van der Waals surface area contributed by atoms with Gasteiger partial charge in [-0.2, -0.15) is 4.98 Å². The maximum Gasteiger partial charge on any atom is 0.261 e. The molecule has 18 heavy (non-hydrogen) atoms. The Labute approximate surface area is 104 Å². The summed E-state index contributed by atoms with van der Waals surface area (Å²) in [5, 5.41) is 22.9. The van der Waals surface area contributed by atoms with E-state index in [0.717, 1.165) is 0 Å². The number of benzene rings is 1. The maximum atomic E-state index is 9.68. The summed E-state index contributed by atoms with van der Waals surface area (Å²) in [4.78, 5) is 4.15. The SMILES string of the molecule is CCC(OC)c1noc(-c2cc(O)ccc2O)n1. The lowest BCUT2D eigenvalue weighted by atomic mass is 10.2. The average molecular weight is 250 g/mol. The molecule has 2 aromatic rings. The number of nitrogens with zero attached hydrogens (tertiary/aromatic N) is 2. The Bertz CT molecular complexity index is 535. The van der Waals surface area contributed by atoms with Crippen LogP contribution in [0.4, 0.5) is 0 Å². The van der Waals surface area contributed by atoms with Gasteiger partial charge in [0.05, 0.1) is 5.56 Å². The van der Waals surface area contributed by atoms with Gasteiger partial charge in [0.15, 0.2) is 0 Å². The third kappa shape index (κ3) is 2.28. The van der Waals surface area contributed by atoms with Gasteiger partial charge in [-0.05, 0) is 24.6 Å². The molecule has 0 bridgehead atoms. The molecule has 96 valence electrons. The third-order valence-corrected chi connectivity index (χ3v) is 2.60. The van der Waals surface area contributed by atoms with E-state index in [1.807, 2.05) is 6.92 Å². The molecule has 1 aromatic carbocycles. The van der Waals surface area contributed by atoms with E-state index in [-0.39, 0.29) is 23.5 Å². The molecule has 0 amide bonds. The summed E-state index contributed by atoms with van der Waals surface area (Å²) < 4.78 is 10.3. The number of methoxy groups -OCH3 is 1. The largest absolute Gasteiger partial charge is 0.508 e. The second-order valence-electron chi connectivity index (χ2n) is 3.79. The molecule has 0 aliphatic carbocycles. The molecular formula is C12H14N2O4. The Kier molecular flexibility index (Phi) is 3.47. The monoisotopic (exact) mass is 250 g/mol. The Morgan fingerprint density at radius 2 is 2.17 bits per heavy atom. The quantitative estimate of drug-likeness (QED) is 0.809. The lowest BCUT2D eigenvalue weighted by Gasteiger charge is -2.06. The lowest BCUT2D eigenvalue weighted by molar-refractivity contribution is 0.0903. The molecule has 2 rings (SSSR count). The van der Waals surface area contributed by atoms with Crippen molar-refractivity contribution in [3.8, 4) is 23.0 Å². The number of ether oxygens (including phenoxy) is 1. The highest BCUT2D eigenvalue weighted by molar-refractivity contribution is 5.64. The van der Waals surface area contributed by atoms with Crippen molar-refractivity contribution in [2.45, 2.75) is 19.4 Å². The van der Waals surface area contributed by atoms with Crippen LogP contribution in [-0.4, -0.2) is 27.5 Å². The molecule has 6 heteroatoms. The van der Waals surface area contributed by atoms with Gasteiger partial charge in [-0.1, -0.05) is 12.1 Å². The second-order valence-corrected chi connectivity index (χ2v) is 3.79. The number of phenolic OH excluding ortho intramolecular Hbond substituents is 2. The van der Waals surface area contributed by atoms with E-state index in [1.54, 1.807) is 7.11 Å². The normalized spacial score (nSPS) is 12.6. The number of aromatic nitrogens is 2. The number of hydrogen-bond donors (Lipinski definition) is 2. The number of aromatic hydroxyl groups is 2. The zero-order valence-corrected chi connectivity index (χ0v) is 10.1. The van der Waals surface area contributed by atoms with Crippen molar-refractivity contribution in [2.24, 2.45) is 0 Å². The van der Waals surface area contributed by atoms with Gasteiger partial charge in [-0.3, -0.25) is 0 Å². The van der Waals surface area contributed by atoms with E-state index in [9.17, 15) is 10.2 Å². The highest BCUT2D eigenvalue weighted by Crippen LogP contribution is 2.32. The van der Waals surface area contributed by atoms with E-state index in [1.165, 1.54) is 18.2 Å². The zero-order valence-electron chi connectivity index (χ0n) is 10.1. The summed E-state index contributed by atoms with van der Waals surface area (Å²) in [7, 11) is 1.57. The smallest absolute Gasteiger partial charge is 0.261 e. The van der Waals surface area contributed by atoms with Crippen LogP contribution in [0.5, 0.6) is 11.5 Å². The van der Waals surface area contributed by atoms with Crippen LogP contribution in [0.25, 0.3) is 11.5 Å². The molecule has 0 aliphatic rings. The van der Waals surface area contributed by atoms with Crippen LogP contribution in [-0.2, 0) is 4.74 Å². The zero-order chi connectivity index (χ0) is 13.1. The first kappa shape index (κ1) is 12.4. The van der Waals surface area contributed by atoms with Crippen LogP contribution < -0.4 is 0 Å². The van der Waals surface area contributed by atoms with Crippen molar-refractivity contribution in [2.75, 3.05) is 7.11 Å². The standard InChI is InChI=1S/C12H14N2O4/c1-3-10(17-2)11-13-12(18-14-11)8-6-7(15)4-5-9(8)16/h4-6,10,15-16H,3H2,1-2H3. The van der Waals surface area contributed by atoms with E-state index in [4.69, 9.17) is 9.26 Å². The highest BCUT2D eigenvalue weighted by Gasteiger charge is 2.18. The first-order valence-corrected chi connectivity index (χ1v) is 5.54. The lowest BCUT2D eigenvalue weighted by Crippen LogP contribution is -2.01. The van der Waals surface area contributed by atoms with Crippen molar-refractivity contribution in [1.82, 2.24) is 10.1 Å². The molecule has 1 heterocycles. The van der Waals surface area contributed by atoms with Gasteiger partial charge in [-0.15, -0.1) is 0 Å². The van der Waals surface area contributed by atoms with Gasteiger partial charge in [0.2, 0.25) is 5.82 Å². The molecular weight excluding hydrogens is 236 g/mol. The van der Waals surface area contributed by atoms with Crippen LogP contribution in [0.15, 0.2) is 22.7 Å². The van der Waals surface area contributed by atoms with Crippen molar-refractivity contribution in [3.05, 3.63) is 24.0 Å². The highest BCUT2D eigenvalue weighted by atomic mass is 16.5. The minimum Gasteiger partial charge on any atom is -0.508 e. The molecule has 1 atom stereocenters. The number of hydrogen-bond acceptors (Lipinski definition) is 6. The van der Waals surface area contributed by atoms with Crippen molar-refractivity contribution in [3.63, 3.8) is 0 Å². The van der Waals surface area contributed by atoms with Crippen LogP contribution in [0.1, 0.15) is 25.3 Å². The van der Waals surface area contributed by atoms with E-state index in [0.29, 0.717) is 17.8 Å². The topological polar surface area (TPSA) is 88.6 Å². The molecule has 1 aromatic heterocycles. The first-order chi connectivity index (χ1) is 8.65.